The summed E-state index contributed by atoms with van der Waals surface area (Å²) in [5, 5.41) is 4.74. The molecule has 0 bridgehead atoms. The summed E-state index contributed by atoms with van der Waals surface area (Å²) in [6.07, 6.45) is 0. The summed E-state index contributed by atoms with van der Waals surface area (Å²) in [7, 11) is 0. The molecular formula is C11H11Cl2N3O. The lowest BCUT2D eigenvalue weighted by molar-refractivity contribution is 0.397. The van der Waals surface area contributed by atoms with Crippen LogP contribution < -0.4 is 5.73 Å². The first kappa shape index (κ1) is 12.4. The molecule has 2 N–H and O–H groups in total. The van der Waals surface area contributed by atoms with Gasteiger partial charge in [-0.15, -0.1) is 0 Å². The molecule has 0 fully saturated rings. The van der Waals surface area contributed by atoms with Gasteiger partial charge in [0.15, 0.2) is 5.82 Å². The van der Waals surface area contributed by atoms with Crippen LogP contribution in [0.5, 0.6) is 0 Å². The van der Waals surface area contributed by atoms with Gasteiger partial charge in [0.05, 0.1) is 21.1 Å². The standard InChI is InChI=1S/C11H11Cl2N3O/c1-11(2,14)10-15-9(17-16-10)8-6(12)4-3-5-7(8)13/h3-5H,14H2,1-2H3. The van der Waals surface area contributed by atoms with E-state index in [2.05, 4.69) is 10.1 Å². The monoisotopic (exact) mass is 271 g/mol. The number of hydrogen-bond donors (Lipinski definition) is 1. The summed E-state index contributed by atoms with van der Waals surface area (Å²) < 4.78 is 5.13. The Morgan fingerprint density at radius 3 is 2.29 bits per heavy atom. The SMILES string of the molecule is CC(C)(N)c1noc(-c2c(Cl)cccc2Cl)n1. The van der Waals surface area contributed by atoms with E-state index in [0.29, 0.717) is 21.4 Å². The van der Waals surface area contributed by atoms with Crippen LogP contribution >= 0.6 is 23.2 Å². The topological polar surface area (TPSA) is 64.9 Å². The molecule has 0 amide bonds. The molecule has 2 aromatic rings. The third-order valence-electron chi connectivity index (χ3n) is 2.18. The van der Waals surface area contributed by atoms with E-state index >= 15 is 0 Å². The van der Waals surface area contributed by atoms with Crippen LogP contribution in [-0.4, -0.2) is 10.1 Å². The van der Waals surface area contributed by atoms with Crippen LogP contribution in [0, 0.1) is 0 Å². The van der Waals surface area contributed by atoms with Crippen molar-refractivity contribution >= 4 is 23.2 Å². The predicted molar refractivity (Wildman–Crippen MR) is 67.0 cm³/mol. The molecule has 0 atom stereocenters. The molecule has 0 aliphatic rings. The van der Waals surface area contributed by atoms with E-state index in [4.69, 9.17) is 33.5 Å². The van der Waals surface area contributed by atoms with Gasteiger partial charge in [-0.1, -0.05) is 34.4 Å². The molecule has 0 aliphatic heterocycles. The average Bonchev–Trinajstić information content (AvgIpc) is 2.65. The van der Waals surface area contributed by atoms with Gasteiger partial charge in [-0.3, -0.25) is 0 Å². The van der Waals surface area contributed by atoms with Crippen molar-refractivity contribution in [2.45, 2.75) is 19.4 Å². The van der Waals surface area contributed by atoms with Crippen LogP contribution in [0.1, 0.15) is 19.7 Å². The predicted octanol–water partition coefficient (Wildman–Crippen LogP) is 3.24. The van der Waals surface area contributed by atoms with Crippen molar-refractivity contribution in [1.82, 2.24) is 10.1 Å². The Balaban J connectivity index is 2.51. The molecule has 90 valence electrons. The fourth-order valence-electron chi connectivity index (χ4n) is 1.29. The molecule has 17 heavy (non-hydrogen) atoms. The molecule has 0 aliphatic carbocycles. The number of hydrogen-bond acceptors (Lipinski definition) is 4. The van der Waals surface area contributed by atoms with Crippen molar-refractivity contribution in [3.05, 3.63) is 34.1 Å². The number of aromatic nitrogens is 2. The molecule has 1 aromatic carbocycles. The number of nitrogens with two attached hydrogens (primary N) is 1. The maximum atomic E-state index is 6.04. The van der Waals surface area contributed by atoms with Crippen LogP contribution in [0.4, 0.5) is 0 Å². The molecule has 0 saturated heterocycles. The van der Waals surface area contributed by atoms with E-state index in [1.54, 1.807) is 32.0 Å². The maximum absolute atomic E-state index is 6.04. The van der Waals surface area contributed by atoms with Crippen LogP contribution in [0.3, 0.4) is 0 Å². The Morgan fingerprint density at radius 1 is 1.24 bits per heavy atom. The van der Waals surface area contributed by atoms with Crippen molar-refractivity contribution in [3.8, 4) is 11.5 Å². The Labute approximate surface area is 109 Å². The van der Waals surface area contributed by atoms with E-state index in [-0.39, 0.29) is 5.89 Å². The van der Waals surface area contributed by atoms with Gasteiger partial charge >= 0.3 is 0 Å². The zero-order valence-electron chi connectivity index (χ0n) is 9.37. The van der Waals surface area contributed by atoms with Gasteiger partial charge in [-0.25, -0.2) is 0 Å². The first-order valence-corrected chi connectivity index (χ1v) is 5.72. The molecule has 0 radical (unpaired) electrons. The average molecular weight is 272 g/mol. The van der Waals surface area contributed by atoms with Crippen molar-refractivity contribution in [2.75, 3.05) is 0 Å². The van der Waals surface area contributed by atoms with Crippen molar-refractivity contribution < 1.29 is 4.52 Å². The highest BCUT2D eigenvalue weighted by Gasteiger charge is 2.23. The summed E-state index contributed by atoms with van der Waals surface area (Å²) in [4.78, 5) is 4.20. The van der Waals surface area contributed by atoms with Gasteiger partial charge in [0, 0.05) is 0 Å². The first-order valence-electron chi connectivity index (χ1n) is 4.97. The van der Waals surface area contributed by atoms with E-state index in [9.17, 15) is 0 Å². The van der Waals surface area contributed by atoms with Gasteiger partial charge in [0.25, 0.3) is 5.89 Å². The molecule has 4 nitrogen and oxygen atoms in total. The van der Waals surface area contributed by atoms with Gasteiger partial charge in [-0.2, -0.15) is 4.98 Å². The first-order chi connectivity index (χ1) is 7.89. The summed E-state index contributed by atoms with van der Waals surface area (Å²) in [6.45, 7) is 3.58. The maximum Gasteiger partial charge on any atom is 0.261 e. The third-order valence-corrected chi connectivity index (χ3v) is 2.81. The zero-order chi connectivity index (χ0) is 12.6. The Bertz CT molecular complexity index is 526. The van der Waals surface area contributed by atoms with Crippen molar-refractivity contribution in [1.29, 1.82) is 0 Å². The molecule has 0 saturated carbocycles. The number of rotatable bonds is 2. The molecule has 1 heterocycles. The highest BCUT2D eigenvalue weighted by molar-refractivity contribution is 6.38. The lowest BCUT2D eigenvalue weighted by atomic mass is 10.1. The van der Waals surface area contributed by atoms with Crippen LogP contribution in [0.25, 0.3) is 11.5 Å². The van der Waals surface area contributed by atoms with Crippen molar-refractivity contribution in [3.63, 3.8) is 0 Å². The van der Waals surface area contributed by atoms with Crippen LogP contribution in [-0.2, 0) is 5.54 Å². The number of benzene rings is 1. The Kier molecular flexibility index (Phi) is 3.12. The minimum atomic E-state index is -0.671. The van der Waals surface area contributed by atoms with Crippen LogP contribution in [0.2, 0.25) is 10.0 Å². The largest absolute Gasteiger partial charge is 0.334 e. The van der Waals surface area contributed by atoms with Gasteiger partial charge < -0.3 is 10.3 Å². The molecule has 0 unspecified atom stereocenters. The lowest BCUT2D eigenvalue weighted by Gasteiger charge is -2.11. The van der Waals surface area contributed by atoms with Gasteiger partial charge in [0.1, 0.15) is 0 Å². The van der Waals surface area contributed by atoms with Gasteiger partial charge in [-0.05, 0) is 26.0 Å². The summed E-state index contributed by atoms with van der Waals surface area (Å²) in [6, 6.07) is 5.17. The third kappa shape index (κ3) is 2.44. The normalized spacial score (nSPS) is 11.8. The minimum Gasteiger partial charge on any atom is -0.334 e. The number of halogens is 2. The number of nitrogens with zero attached hydrogens (tertiary/aromatic N) is 2. The second-order valence-electron chi connectivity index (χ2n) is 4.24. The summed E-state index contributed by atoms with van der Waals surface area (Å²) >= 11 is 12.1. The van der Waals surface area contributed by atoms with Crippen molar-refractivity contribution in [2.24, 2.45) is 5.73 Å². The highest BCUT2D eigenvalue weighted by Crippen LogP contribution is 2.33. The fourth-order valence-corrected chi connectivity index (χ4v) is 1.85. The second-order valence-corrected chi connectivity index (χ2v) is 5.06. The highest BCUT2D eigenvalue weighted by atomic mass is 35.5. The molecule has 1 aromatic heterocycles. The summed E-state index contributed by atoms with van der Waals surface area (Å²) in [5.74, 6) is 0.678. The molecular weight excluding hydrogens is 261 g/mol. The fraction of sp³-hybridized carbons (Fsp3) is 0.273. The quantitative estimate of drug-likeness (QED) is 0.911. The molecule has 0 spiro atoms. The minimum absolute atomic E-state index is 0.272. The Morgan fingerprint density at radius 2 is 1.82 bits per heavy atom. The Hall–Kier alpha value is -1.10. The van der Waals surface area contributed by atoms with E-state index in [1.165, 1.54) is 0 Å². The van der Waals surface area contributed by atoms with E-state index in [0.717, 1.165) is 0 Å². The van der Waals surface area contributed by atoms with E-state index in [1.807, 2.05) is 0 Å². The second kappa shape index (κ2) is 4.29. The lowest BCUT2D eigenvalue weighted by Crippen LogP contribution is -2.30. The van der Waals surface area contributed by atoms with E-state index < -0.39 is 5.54 Å². The molecule has 6 heteroatoms. The molecule has 2 rings (SSSR count). The van der Waals surface area contributed by atoms with Crippen LogP contribution in [0.15, 0.2) is 22.7 Å². The smallest absolute Gasteiger partial charge is 0.261 e. The van der Waals surface area contributed by atoms with Gasteiger partial charge in [0.2, 0.25) is 0 Å². The summed E-state index contributed by atoms with van der Waals surface area (Å²) in [5.41, 5.74) is 5.73. The zero-order valence-corrected chi connectivity index (χ0v) is 10.9.